The Morgan fingerprint density at radius 2 is 1.75 bits per heavy atom. The summed E-state index contributed by atoms with van der Waals surface area (Å²) in [5.74, 6) is 0.678. The summed E-state index contributed by atoms with van der Waals surface area (Å²) in [6.45, 7) is 11.5. The first-order chi connectivity index (χ1) is 12.9. The predicted octanol–water partition coefficient (Wildman–Crippen LogP) is 2.72. The zero-order chi connectivity index (χ0) is 21.4. The van der Waals surface area contributed by atoms with Gasteiger partial charge < -0.3 is 25.6 Å². The van der Waals surface area contributed by atoms with Crippen molar-refractivity contribution in [3.63, 3.8) is 0 Å². The molecular formula is C21H37N5O2. The van der Waals surface area contributed by atoms with Crippen LogP contribution in [0.3, 0.4) is 0 Å². The average Bonchev–Trinajstić information content (AvgIpc) is 2.52. The van der Waals surface area contributed by atoms with E-state index in [0.29, 0.717) is 19.0 Å². The molecule has 0 saturated carbocycles. The molecular weight excluding hydrogens is 354 g/mol. The van der Waals surface area contributed by atoms with Crippen molar-refractivity contribution < 1.29 is 9.53 Å². The molecule has 1 rings (SSSR count). The summed E-state index contributed by atoms with van der Waals surface area (Å²) in [6, 6.07) is 8.48. The van der Waals surface area contributed by atoms with Crippen molar-refractivity contribution in [2.45, 2.75) is 58.8 Å². The van der Waals surface area contributed by atoms with E-state index in [1.807, 2.05) is 34.6 Å². The van der Waals surface area contributed by atoms with Crippen LogP contribution in [0, 0.1) is 0 Å². The van der Waals surface area contributed by atoms with E-state index in [1.54, 1.807) is 7.05 Å². The zero-order valence-corrected chi connectivity index (χ0v) is 18.6. The Bertz CT molecular complexity index is 663. The number of rotatable bonds is 7. The van der Waals surface area contributed by atoms with Crippen LogP contribution in [-0.2, 0) is 17.8 Å². The van der Waals surface area contributed by atoms with Crippen molar-refractivity contribution >= 4 is 12.1 Å². The molecule has 0 aliphatic carbocycles. The molecule has 7 nitrogen and oxygen atoms in total. The summed E-state index contributed by atoms with van der Waals surface area (Å²) in [5, 5.41) is 9.45. The van der Waals surface area contributed by atoms with Gasteiger partial charge in [-0.15, -0.1) is 0 Å². The second-order valence-corrected chi connectivity index (χ2v) is 8.85. The van der Waals surface area contributed by atoms with Gasteiger partial charge in [-0.3, -0.25) is 4.99 Å². The molecule has 7 heteroatoms. The van der Waals surface area contributed by atoms with Gasteiger partial charge in [-0.25, -0.2) is 4.79 Å². The van der Waals surface area contributed by atoms with E-state index in [0.717, 1.165) is 6.54 Å². The van der Waals surface area contributed by atoms with Gasteiger partial charge in [-0.2, -0.15) is 0 Å². The molecule has 158 valence electrons. The molecule has 28 heavy (non-hydrogen) atoms. The maximum Gasteiger partial charge on any atom is 0.408 e. The van der Waals surface area contributed by atoms with Crippen LogP contribution in [0.25, 0.3) is 0 Å². The lowest BCUT2D eigenvalue weighted by Crippen LogP contribution is -2.54. The molecule has 0 aromatic heterocycles. The monoisotopic (exact) mass is 391 g/mol. The lowest BCUT2D eigenvalue weighted by atomic mass is 10.1. The van der Waals surface area contributed by atoms with Crippen molar-refractivity contribution in [2.75, 3.05) is 27.7 Å². The molecule has 0 unspecified atom stereocenters. The van der Waals surface area contributed by atoms with E-state index in [1.165, 1.54) is 11.1 Å². The number of alkyl carbamates (subject to hydrolysis) is 1. The molecule has 0 spiro atoms. The maximum absolute atomic E-state index is 12.0. The van der Waals surface area contributed by atoms with E-state index >= 15 is 0 Å². The largest absolute Gasteiger partial charge is 0.444 e. The molecule has 1 aromatic rings. The van der Waals surface area contributed by atoms with Gasteiger partial charge >= 0.3 is 6.09 Å². The van der Waals surface area contributed by atoms with Gasteiger partial charge in [0.15, 0.2) is 5.96 Å². The van der Waals surface area contributed by atoms with Crippen LogP contribution in [0.5, 0.6) is 0 Å². The summed E-state index contributed by atoms with van der Waals surface area (Å²) < 4.78 is 5.32. The van der Waals surface area contributed by atoms with Crippen LogP contribution in [0.2, 0.25) is 0 Å². The Labute approximate surface area is 169 Å². The summed E-state index contributed by atoms with van der Waals surface area (Å²) in [4.78, 5) is 18.4. The van der Waals surface area contributed by atoms with Crippen LogP contribution >= 0.6 is 0 Å². The van der Waals surface area contributed by atoms with Gasteiger partial charge in [0.05, 0.1) is 5.54 Å². The highest BCUT2D eigenvalue weighted by atomic mass is 16.6. The molecule has 1 aromatic carbocycles. The number of hydrogen-bond acceptors (Lipinski definition) is 4. The average molecular weight is 392 g/mol. The standard InChI is InChI=1S/C21H37N5O2/c1-20(2,3)28-19(27)25-21(4,5)15-24-18(22-6)23-13-16-10-9-11-17(12-16)14-26(7)8/h9-12H,13-15H2,1-8H3,(H,25,27)(H2,22,23,24). The van der Waals surface area contributed by atoms with Gasteiger partial charge in [0.25, 0.3) is 0 Å². The third kappa shape index (κ3) is 10.2. The number of nitrogens with one attached hydrogen (secondary N) is 3. The Balaban J connectivity index is 2.53. The fraction of sp³-hybridized carbons (Fsp3) is 0.619. The molecule has 0 radical (unpaired) electrons. The lowest BCUT2D eigenvalue weighted by molar-refractivity contribution is 0.0474. The highest BCUT2D eigenvalue weighted by Gasteiger charge is 2.24. The number of benzene rings is 1. The van der Waals surface area contributed by atoms with Crippen molar-refractivity contribution in [1.82, 2.24) is 20.9 Å². The molecule has 0 atom stereocenters. The van der Waals surface area contributed by atoms with E-state index in [4.69, 9.17) is 4.74 Å². The molecule has 0 fully saturated rings. The fourth-order valence-corrected chi connectivity index (χ4v) is 2.54. The maximum atomic E-state index is 12.0. The van der Waals surface area contributed by atoms with Gasteiger partial charge in [0, 0.05) is 26.7 Å². The molecule has 0 saturated heterocycles. The third-order valence-corrected chi connectivity index (χ3v) is 3.71. The van der Waals surface area contributed by atoms with Crippen molar-refractivity contribution in [3.8, 4) is 0 Å². The minimum atomic E-state index is -0.522. The topological polar surface area (TPSA) is 78.0 Å². The molecule has 0 aliphatic rings. The Kier molecular flexibility index (Phi) is 8.75. The molecule has 3 N–H and O–H groups in total. The molecule has 0 bridgehead atoms. The number of aliphatic imine (C=N–C) groups is 1. The number of nitrogens with zero attached hydrogens (tertiary/aromatic N) is 2. The first kappa shape index (κ1) is 23.8. The van der Waals surface area contributed by atoms with Gasteiger partial charge in [0.1, 0.15) is 5.60 Å². The zero-order valence-electron chi connectivity index (χ0n) is 18.6. The SMILES string of the molecule is CN=C(NCc1cccc(CN(C)C)c1)NCC(C)(C)NC(=O)OC(C)(C)C. The Morgan fingerprint density at radius 3 is 2.32 bits per heavy atom. The summed E-state index contributed by atoms with van der Waals surface area (Å²) in [6.07, 6.45) is -0.431. The van der Waals surface area contributed by atoms with Crippen molar-refractivity contribution in [2.24, 2.45) is 4.99 Å². The van der Waals surface area contributed by atoms with E-state index in [-0.39, 0.29) is 0 Å². The number of ether oxygens (including phenoxy) is 1. The van der Waals surface area contributed by atoms with Crippen molar-refractivity contribution in [3.05, 3.63) is 35.4 Å². The second kappa shape index (κ2) is 10.3. The molecule has 1 amide bonds. The summed E-state index contributed by atoms with van der Waals surface area (Å²) >= 11 is 0. The number of hydrogen-bond donors (Lipinski definition) is 3. The normalized spacial score (nSPS) is 12.7. The van der Waals surface area contributed by atoms with Crippen LogP contribution in [-0.4, -0.2) is 55.8 Å². The minimum absolute atomic E-state index is 0.431. The first-order valence-corrected chi connectivity index (χ1v) is 9.58. The van der Waals surface area contributed by atoms with E-state index in [9.17, 15) is 4.79 Å². The highest BCUT2D eigenvalue weighted by Crippen LogP contribution is 2.09. The quantitative estimate of drug-likeness (QED) is 0.492. The number of carbonyl (C=O) groups is 1. The van der Waals surface area contributed by atoms with Crippen LogP contribution < -0.4 is 16.0 Å². The van der Waals surface area contributed by atoms with Crippen molar-refractivity contribution in [1.29, 1.82) is 0 Å². The Hall–Kier alpha value is -2.28. The van der Waals surface area contributed by atoms with Gasteiger partial charge in [0.2, 0.25) is 0 Å². The third-order valence-electron chi connectivity index (χ3n) is 3.71. The fourth-order valence-electron chi connectivity index (χ4n) is 2.54. The van der Waals surface area contributed by atoms with Crippen LogP contribution in [0.4, 0.5) is 4.79 Å². The Morgan fingerprint density at radius 1 is 1.11 bits per heavy atom. The number of amides is 1. The highest BCUT2D eigenvalue weighted by molar-refractivity contribution is 5.79. The second-order valence-electron chi connectivity index (χ2n) is 8.85. The lowest BCUT2D eigenvalue weighted by Gasteiger charge is -2.29. The van der Waals surface area contributed by atoms with Gasteiger partial charge in [-0.1, -0.05) is 24.3 Å². The predicted molar refractivity (Wildman–Crippen MR) is 115 cm³/mol. The molecule has 0 aliphatic heterocycles. The number of carbonyl (C=O) groups excluding carboxylic acids is 1. The summed E-state index contributed by atoms with van der Waals surface area (Å²) in [7, 11) is 5.85. The van der Waals surface area contributed by atoms with Crippen LogP contribution in [0.15, 0.2) is 29.3 Å². The summed E-state index contributed by atoms with van der Waals surface area (Å²) in [5.41, 5.74) is 1.45. The van der Waals surface area contributed by atoms with E-state index in [2.05, 4.69) is 64.2 Å². The minimum Gasteiger partial charge on any atom is -0.444 e. The van der Waals surface area contributed by atoms with Crippen LogP contribution in [0.1, 0.15) is 45.7 Å². The smallest absolute Gasteiger partial charge is 0.408 e. The van der Waals surface area contributed by atoms with Gasteiger partial charge in [-0.05, 0) is 59.8 Å². The first-order valence-electron chi connectivity index (χ1n) is 9.58. The molecule has 0 heterocycles. The van der Waals surface area contributed by atoms with E-state index < -0.39 is 17.2 Å². The number of guanidine groups is 1.